The highest BCUT2D eigenvalue weighted by Crippen LogP contribution is 2.30. The molecule has 0 fully saturated rings. The molecule has 0 unspecified atom stereocenters. The minimum atomic E-state index is -0.518. The molecule has 0 aliphatic heterocycles. The number of benzene rings is 2. The number of hydrogen-bond donors (Lipinski definition) is 0. The second-order valence-electron chi connectivity index (χ2n) is 5.08. The van der Waals surface area contributed by atoms with Crippen LogP contribution in [0, 0.1) is 10.1 Å². The summed E-state index contributed by atoms with van der Waals surface area (Å²) >= 11 is 0. The van der Waals surface area contributed by atoms with E-state index in [9.17, 15) is 10.1 Å². The fraction of sp³-hybridized carbons (Fsp3) is 0. The van der Waals surface area contributed by atoms with Crippen LogP contribution in [-0.4, -0.2) is 20.0 Å². The van der Waals surface area contributed by atoms with Gasteiger partial charge in [-0.15, -0.1) is 0 Å². The molecule has 116 valence electrons. The van der Waals surface area contributed by atoms with Crippen LogP contribution in [0.2, 0.25) is 0 Å². The molecule has 0 aliphatic carbocycles. The zero-order valence-electron chi connectivity index (χ0n) is 12.3. The Kier molecular flexibility index (Phi) is 3.24. The van der Waals surface area contributed by atoms with Crippen molar-refractivity contribution in [1.29, 1.82) is 0 Å². The van der Waals surface area contributed by atoms with Gasteiger partial charge >= 0.3 is 0 Å². The van der Waals surface area contributed by atoms with Gasteiger partial charge in [-0.1, -0.05) is 41.6 Å². The lowest BCUT2D eigenvalue weighted by Crippen LogP contribution is -1.95. The topological polar surface area (TPSA) is 95.0 Å². The zero-order chi connectivity index (χ0) is 16.5. The van der Waals surface area contributed by atoms with Crippen LogP contribution in [0.5, 0.6) is 0 Å². The maximum absolute atomic E-state index is 11.1. The van der Waals surface area contributed by atoms with Crippen LogP contribution < -0.4 is 0 Å². The monoisotopic (exact) mass is 318 g/mol. The Morgan fingerprint density at radius 2 is 1.83 bits per heavy atom. The molecule has 4 rings (SSSR count). The van der Waals surface area contributed by atoms with Crippen molar-refractivity contribution in [1.82, 2.24) is 15.1 Å². The maximum Gasteiger partial charge on any atom is 0.298 e. The van der Waals surface area contributed by atoms with Gasteiger partial charge in [-0.05, 0) is 22.9 Å². The molecule has 0 N–H and O–H groups in total. The molecule has 24 heavy (non-hydrogen) atoms. The Morgan fingerprint density at radius 1 is 1.00 bits per heavy atom. The van der Waals surface area contributed by atoms with Gasteiger partial charge < -0.3 is 4.52 Å². The van der Waals surface area contributed by atoms with Crippen molar-refractivity contribution in [3.63, 3.8) is 0 Å². The minimum absolute atomic E-state index is 0.0812. The van der Waals surface area contributed by atoms with Crippen LogP contribution in [0.1, 0.15) is 0 Å². The average Bonchev–Trinajstić information content (AvgIpc) is 3.11. The van der Waals surface area contributed by atoms with Crippen molar-refractivity contribution < 1.29 is 9.45 Å². The van der Waals surface area contributed by atoms with E-state index < -0.39 is 4.92 Å². The van der Waals surface area contributed by atoms with Crippen molar-refractivity contribution in [2.45, 2.75) is 0 Å². The summed E-state index contributed by atoms with van der Waals surface area (Å²) in [6, 6.07) is 16.4. The number of fused-ring (bicyclic) bond motifs is 1. The van der Waals surface area contributed by atoms with Crippen molar-refractivity contribution in [3.05, 3.63) is 70.9 Å². The summed E-state index contributed by atoms with van der Waals surface area (Å²) < 4.78 is 5.32. The predicted molar refractivity (Wildman–Crippen MR) is 87.1 cm³/mol. The third kappa shape index (κ3) is 2.28. The molecule has 0 saturated carbocycles. The van der Waals surface area contributed by atoms with E-state index in [1.54, 1.807) is 0 Å². The van der Waals surface area contributed by atoms with Gasteiger partial charge in [-0.3, -0.25) is 10.1 Å². The quantitative estimate of drug-likeness (QED) is 0.420. The molecule has 2 heterocycles. The molecule has 4 aromatic rings. The Bertz CT molecular complexity index is 1050. The highest BCUT2D eigenvalue weighted by molar-refractivity contribution is 5.94. The van der Waals surface area contributed by atoms with Crippen LogP contribution >= 0.6 is 0 Å². The first-order valence-electron chi connectivity index (χ1n) is 7.15. The maximum atomic E-state index is 11.1. The van der Waals surface area contributed by atoms with Gasteiger partial charge in [-0.25, -0.2) is 4.98 Å². The Hall–Kier alpha value is -3.61. The molecule has 0 radical (unpaired) electrons. The lowest BCUT2D eigenvalue weighted by Gasteiger charge is -2.01. The number of rotatable bonds is 3. The first kappa shape index (κ1) is 14.0. The van der Waals surface area contributed by atoms with E-state index in [-0.39, 0.29) is 17.2 Å². The van der Waals surface area contributed by atoms with E-state index >= 15 is 0 Å². The standard InChI is InChI=1S/C17H10N4O3/c22-21(23)14-9-4-10-18-15(14)16-19-17(24-20-16)13-8-3-6-11-5-1-2-7-12(11)13/h1-10H. The number of nitro groups is 1. The van der Waals surface area contributed by atoms with E-state index in [0.717, 1.165) is 16.3 Å². The Morgan fingerprint density at radius 3 is 2.71 bits per heavy atom. The van der Waals surface area contributed by atoms with Crippen molar-refractivity contribution in [2.75, 3.05) is 0 Å². The summed E-state index contributed by atoms with van der Waals surface area (Å²) in [6.07, 6.45) is 1.45. The molecule has 2 aromatic heterocycles. The van der Waals surface area contributed by atoms with Gasteiger partial charge in [0.25, 0.3) is 11.6 Å². The van der Waals surface area contributed by atoms with Gasteiger partial charge in [0.1, 0.15) is 0 Å². The van der Waals surface area contributed by atoms with Gasteiger partial charge in [0.05, 0.1) is 4.92 Å². The van der Waals surface area contributed by atoms with Gasteiger partial charge in [0.15, 0.2) is 5.69 Å². The molecule has 0 spiro atoms. The fourth-order valence-corrected chi connectivity index (χ4v) is 2.56. The van der Waals surface area contributed by atoms with E-state index in [0.29, 0.717) is 5.89 Å². The lowest BCUT2D eigenvalue weighted by atomic mass is 10.0. The second kappa shape index (κ2) is 5.54. The molecule has 7 heteroatoms. The third-order valence-corrected chi connectivity index (χ3v) is 3.64. The van der Waals surface area contributed by atoms with E-state index in [1.807, 2.05) is 42.5 Å². The summed E-state index contributed by atoms with van der Waals surface area (Å²) in [4.78, 5) is 18.9. The molecule has 0 aliphatic rings. The number of hydrogen-bond acceptors (Lipinski definition) is 6. The van der Waals surface area contributed by atoms with Gasteiger partial charge in [0.2, 0.25) is 5.82 Å². The van der Waals surface area contributed by atoms with Crippen molar-refractivity contribution in [3.8, 4) is 23.0 Å². The minimum Gasteiger partial charge on any atom is -0.334 e. The predicted octanol–water partition coefficient (Wildman–Crippen LogP) is 3.86. The highest BCUT2D eigenvalue weighted by Gasteiger charge is 2.22. The first-order chi connectivity index (χ1) is 11.7. The summed E-state index contributed by atoms with van der Waals surface area (Å²) in [5, 5.41) is 17.0. The molecular weight excluding hydrogens is 308 g/mol. The fourth-order valence-electron chi connectivity index (χ4n) is 2.56. The second-order valence-corrected chi connectivity index (χ2v) is 5.08. The molecule has 0 atom stereocenters. The summed E-state index contributed by atoms with van der Waals surface area (Å²) in [7, 11) is 0. The largest absolute Gasteiger partial charge is 0.334 e. The smallest absolute Gasteiger partial charge is 0.298 e. The van der Waals surface area contributed by atoms with Crippen LogP contribution in [0.4, 0.5) is 5.69 Å². The van der Waals surface area contributed by atoms with Crippen LogP contribution in [-0.2, 0) is 0 Å². The van der Waals surface area contributed by atoms with Crippen LogP contribution in [0.3, 0.4) is 0 Å². The zero-order valence-corrected chi connectivity index (χ0v) is 12.3. The lowest BCUT2D eigenvalue weighted by molar-refractivity contribution is -0.384. The highest BCUT2D eigenvalue weighted by atomic mass is 16.6. The Labute approximate surface area is 135 Å². The average molecular weight is 318 g/mol. The van der Waals surface area contributed by atoms with E-state index in [2.05, 4.69) is 15.1 Å². The van der Waals surface area contributed by atoms with Gasteiger partial charge in [0, 0.05) is 17.8 Å². The Balaban J connectivity index is 1.85. The SMILES string of the molecule is O=[N+]([O-])c1cccnc1-c1noc(-c2cccc3ccccc23)n1. The summed E-state index contributed by atoms with van der Waals surface area (Å²) in [5.41, 5.74) is 0.686. The molecule has 2 aromatic carbocycles. The van der Waals surface area contributed by atoms with Crippen molar-refractivity contribution >= 4 is 16.5 Å². The number of aromatic nitrogens is 3. The number of nitrogens with zero attached hydrogens (tertiary/aromatic N) is 4. The molecule has 0 bridgehead atoms. The first-order valence-corrected chi connectivity index (χ1v) is 7.15. The molecular formula is C17H10N4O3. The van der Waals surface area contributed by atoms with Crippen LogP contribution in [0.15, 0.2) is 65.3 Å². The third-order valence-electron chi connectivity index (χ3n) is 3.64. The van der Waals surface area contributed by atoms with E-state index in [1.165, 1.54) is 18.3 Å². The van der Waals surface area contributed by atoms with E-state index in [4.69, 9.17) is 4.52 Å². The molecule has 0 saturated heterocycles. The number of pyridine rings is 1. The normalized spacial score (nSPS) is 10.8. The van der Waals surface area contributed by atoms with Crippen molar-refractivity contribution in [2.24, 2.45) is 0 Å². The van der Waals surface area contributed by atoms with Gasteiger partial charge in [-0.2, -0.15) is 4.98 Å². The van der Waals surface area contributed by atoms with Crippen LogP contribution in [0.25, 0.3) is 33.7 Å². The molecule has 0 amide bonds. The molecule has 7 nitrogen and oxygen atoms in total. The summed E-state index contributed by atoms with van der Waals surface area (Å²) in [5.74, 6) is 0.381. The summed E-state index contributed by atoms with van der Waals surface area (Å²) in [6.45, 7) is 0.